The normalized spacial score (nSPS) is 12.0. The molecule has 0 bridgehead atoms. The standard InChI is InChI=1S/C15H25N3O2/c1-4-11(7-8-19)10-17-14-6-5-12(9-13(14)16)15(20)18(2)3/h5-6,9,11,17,19H,4,7-8,10,16H2,1-3H3. The predicted octanol–water partition coefficient (Wildman–Crippen LogP) is 1.79. The molecule has 0 spiro atoms. The van der Waals surface area contributed by atoms with Crippen molar-refractivity contribution in [2.24, 2.45) is 5.92 Å². The zero-order valence-corrected chi connectivity index (χ0v) is 12.5. The first-order valence-corrected chi connectivity index (χ1v) is 6.95. The molecule has 0 saturated carbocycles. The van der Waals surface area contributed by atoms with Crippen LogP contribution in [-0.2, 0) is 0 Å². The van der Waals surface area contributed by atoms with Crippen molar-refractivity contribution in [3.05, 3.63) is 23.8 Å². The Hall–Kier alpha value is -1.75. The number of nitrogens with zero attached hydrogens (tertiary/aromatic N) is 1. The number of nitrogen functional groups attached to an aromatic ring is 1. The Kier molecular flexibility index (Phi) is 6.31. The number of carbonyl (C=O) groups is 1. The molecule has 0 aliphatic carbocycles. The fraction of sp³-hybridized carbons (Fsp3) is 0.533. The fourth-order valence-corrected chi connectivity index (χ4v) is 2.00. The first-order chi connectivity index (χ1) is 9.49. The van der Waals surface area contributed by atoms with Crippen LogP contribution in [0.3, 0.4) is 0 Å². The molecule has 0 aliphatic heterocycles. The van der Waals surface area contributed by atoms with Crippen LogP contribution in [0.2, 0.25) is 0 Å². The summed E-state index contributed by atoms with van der Waals surface area (Å²) in [4.78, 5) is 13.4. The average Bonchev–Trinajstić information content (AvgIpc) is 2.43. The first kappa shape index (κ1) is 16.3. The molecule has 4 N–H and O–H groups in total. The number of aliphatic hydroxyl groups is 1. The van der Waals surface area contributed by atoms with Gasteiger partial charge in [0.05, 0.1) is 11.4 Å². The summed E-state index contributed by atoms with van der Waals surface area (Å²) in [6, 6.07) is 5.30. The number of nitrogens with two attached hydrogens (primary N) is 1. The Morgan fingerprint density at radius 1 is 1.45 bits per heavy atom. The van der Waals surface area contributed by atoms with Gasteiger partial charge in [0, 0.05) is 32.8 Å². The first-order valence-electron chi connectivity index (χ1n) is 6.95. The average molecular weight is 279 g/mol. The molecule has 0 radical (unpaired) electrons. The van der Waals surface area contributed by atoms with E-state index < -0.39 is 0 Å². The number of hydrogen-bond acceptors (Lipinski definition) is 4. The minimum atomic E-state index is -0.0602. The maximum Gasteiger partial charge on any atom is 0.253 e. The van der Waals surface area contributed by atoms with Crippen LogP contribution >= 0.6 is 0 Å². The molecule has 0 saturated heterocycles. The lowest BCUT2D eigenvalue weighted by molar-refractivity contribution is 0.0827. The molecular weight excluding hydrogens is 254 g/mol. The largest absolute Gasteiger partial charge is 0.397 e. The lowest BCUT2D eigenvalue weighted by atomic mass is 10.0. The van der Waals surface area contributed by atoms with Gasteiger partial charge in [-0.3, -0.25) is 4.79 Å². The van der Waals surface area contributed by atoms with Crippen LogP contribution in [0.5, 0.6) is 0 Å². The maximum absolute atomic E-state index is 11.8. The predicted molar refractivity (Wildman–Crippen MR) is 82.8 cm³/mol. The molecule has 5 heteroatoms. The zero-order chi connectivity index (χ0) is 15.1. The number of anilines is 2. The number of hydrogen-bond donors (Lipinski definition) is 3. The lowest BCUT2D eigenvalue weighted by Crippen LogP contribution is -2.22. The van der Waals surface area contributed by atoms with Gasteiger partial charge in [-0.25, -0.2) is 0 Å². The van der Waals surface area contributed by atoms with E-state index in [-0.39, 0.29) is 12.5 Å². The van der Waals surface area contributed by atoms with Crippen LogP contribution in [0.15, 0.2) is 18.2 Å². The lowest BCUT2D eigenvalue weighted by Gasteiger charge is -2.17. The minimum Gasteiger partial charge on any atom is -0.397 e. The Morgan fingerprint density at radius 3 is 2.65 bits per heavy atom. The van der Waals surface area contributed by atoms with Crippen molar-refractivity contribution in [3.63, 3.8) is 0 Å². The highest BCUT2D eigenvalue weighted by Crippen LogP contribution is 2.21. The summed E-state index contributed by atoms with van der Waals surface area (Å²) in [7, 11) is 3.43. The van der Waals surface area contributed by atoms with Crippen LogP contribution in [0.4, 0.5) is 11.4 Å². The Morgan fingerprint density at radius 2 is 2.15 bits per heavy atom. The highest BCUT2D eigenvalue weighted by molar-refractivity contribution is 5.95. The van der Waals surface area contributed by atoms with Crippen LogP contribution in [0.25, 0.3) is 0 Å². The summed E-state index contributed by atoms with van der Waals surface area (Å²) >= 11 is 0. The SMILES string of the molecule is CCC(CCO)CNc1ccc(C(=O)N(C)C)cc1N. The van der Waals surface area contributed by atoms with E-state index in [9.17, 15) is 4.79 Å². The number of carbonyl (C=O) groups excluding carboxylic acids is 1. The van der Waals surface area contributed by atoms with E-state index in [1.165, 1.54) is 4.90 Å². The molecule has 5 nitrogen and oxygen atoms in total. The Labute approximate surface area is 120 Å². The van der Waals surface area contributed by atoms with Crippen LogP contribution < -0.4 is 11.1 Å². The van der Waals surface area contributed by atoms with Gasteiger partial charge in [0.2, 0.25) is 0 Å². The maximum atomic E-state index is 11.8. The zero-order valence-electron chi connectivity index (χ0n) is 12.5. The van der Waals surface area contributed by atoms with Gasteiger partial charge < -0.3 is 21.1 Å². The van der Waals surface area contributed by atoms with Crippen LogP contribution in [0.1, 0.15) is 30.1 Å². The van der Waals surface area contributed by atoms with Gasteiger partial charge >= 0.3 is 0 Å². The molecule has 0 aromatic heterocycles. The number of amides is 1. The highest BCUT2D eigenvalue weighted by Gasteiger charge is 2.11. The molecule has 1 rings (SSSR count). The van der Waals surface area contributed by atoms with Gasteiger partial charge in [-0.15, -0.1) is 0 Å². The Balaban J connectivity index is 2.71. The van der Waals surface area contributed by atoms with Gasteiger partial charge in [0.15, 0.2) is 0 Å². The quantitative estimate of drug-likeness (QED) is 0.665. The van der Waals surface area contributed by atoms with Crippen LogP contribution in [0, 0.1) is 5.92 Å². The van der Waals surface area contributed by atoms with Crippen LogP contribution in [-0.4, -0.2) is 43.2 Å². The number of aliphatic hydroxyl groups excluding tert-OH is 1. The molecule has 112 valence electrons. The molecule has 1 aromatic rings. The summed E-state index contributed by atoms with van der Waals surface area (Å²) < 4.78 is 0. The monoisotopic (exact) mass is 279 g/mol. The number of rotatable bonds is 7. The van der Waals surface area contributed by atoms with Gasteiger partial charge in [0.25, 0.3) is 5.91 Å². The molecule has 1 unspecified atom stereocenters. The smallest absolute Gasteiger partial charge is 0.253 e. The van der Waals surface area contributed by atoms with E-state index in [1.807, 2.05) is 6.07 Å². The van der Waals surface area contributed by atoms with E-state index in [0.717, 1.165) is 25.1 Å². The van der Waals surface area contributed by atoms with Gasteiger partial charge in [-0.05, 0) is 30.5 Å². The summed E-state index contributed by atoms with van der Waals surface area (Å²) in [5.41, 5.74) is 7.96. The molecule has 0 heterocycles. The fourth-order valence-electron chi connectivity index (χ4n) is 2.00. The number of nitrogens with one attached hydrogen (secondary N) is 1. The van der Waals surface area contributed by atoms with Crippen molar-refractivity contribution in [1.82, 2.24) is 4.90 Å². The van der Waals surface area contributed by atoms with E-state index >= 15 is 0 Å². The summed E-state index contributed by atoms with van der Waals surface area (Å²) in [6.45, 7) is 3.07. The van der Waals surface area contributed by atoms with E-state index in [2.05, 4.69) is 12.2 Å². The molecule has 1 amide bonds. The molecule has 0 aliphatic rings. The molecule has 0 fully saturated rings. The summed E-state index contributed by atoms with van der Waals surface area (Å²) in [5, 5.41) is 12.3. The van der Waals surface area contributed by atoms with Crippen molar-refractivity contribution in [2.75, 3.05) is 38.3 Å². The summed E-state index contributed by atoms with van der Waals surface area (Å²) in [5.74, 6) is 0.359. The topological polar surface area (TPSA) is 78.6 Å². The molecule has 1 atom stereocenters. The third-order valence-electron chi connectivity index (χ3n) is 3.40. The van der Waals surface area contributed by atoms with Gasteiger partial charge in [-0.2, -0.15) is 0 Å². The second-order valence-corrected chi connectivity index (χ2v) is 5.17. The Bertz CT molecular complexity index is 447. The molecule has 1 aromatic carbocycles. The van der Waals surface area contributed by atoms with Gasteiger partial charge in [-0.1, -0.05) is 13.3 Å². The van der Waals surface area contributed by atoms with E-state index in [0.29, 0.717) is 17.2 Å². The highest BCUT2D eigenvalue weighted by atomic mass is 16.3. The molecule has 20 heavy (non-hydrogen) atoms. The second kappa shape index (κ2) is 7.75. The number of benzene rings is 1. The van der Waals surface area contributed by atoms with E-state index in [1.54, 1.807) is 26.2 Å². The third kappa shape index (κ3) is 4.42. The summed E-state index contributed by atoms with van der Waals surface area (Å²) in [6.07, 6.45) is 1.78. The minimum absolute atomic E-state index is 0.0602. The van der Waals surface area contributed by atoms with Crippen molar-refractivity contribution in [3.8, 4) is 0 Å². The van der Waals surface area contributed by atoms with Gasteiger partial charge in [0.1, 0.15) is 0 Å². The van der Waals surface area contributed by atoms with Crippen molar-refractivity contribution in [2.45, 2.75) is 19.8 Å². The molecular formula is C15H25N3O2. The van der Waals surface area contributed by atoms with Crippen molar-refractivity contribution >= 4 is 17.3 Å². The van der Waals surface area contributed by atoms with Crippen molar-refractivity contribution in [1.29, 1.82) is 0 Å². The van der Waals surface area contributed by atoms with E-state index in [4.69, 9.17) is 10.8 Å². The third-order valence-corrected chi connectivity index (χ3v) is 3.40. The second-order valence-electron chi connectivity index (χ2n) is 5.17. The van der Waals surface area contributed by atoms with Crippen molar-refractivity contribution < 1.29 is 9.90 Å².